The van der Waals surface area contributed by atoms with Gasteiger partial charge in [-0.15, -0.1) is 11.3 Å². The topological polar surface area (TPSA) is 114 Å². The molecule has 0 atom stereocenters. The van der Waals surface area contributed by atoms with Crippen molar-refractivity contribution in [2.45, 2.75) is 39.2 Å². The lowest BCUT2D eigenvalue weighted by Gasteiger charge is -2.09. The molecule has 0 aliphatic heterocycles. The number of carbonyl (C=O) groups excluding carboxylic acids is 1. The fraction of sp³-hybridized carbons (Fsp3) is 0.400. The smallest absolute Gasteiger partial charge is 0.358 e. The van der Waals surface area contributed by atoms with Crippen molar-refractivity contribution >= 4 is 39.7 Å². The molecule has 0 radical (unpaired) electrons. The van der Waals surface area contributed by atoms with Gasteiger partial charge in [0.1, 0.15) is 17.6 Å². The molecule has 1 N–H and O–H groups in total. The first-order valence-corrected chi connectivity index (χ1v) is 8.83. The number of thiophene rings is 1. The molecule has 0 unspecified atom stereocenters. The molecule has 0 fully saturated rings. The predicted octanol–water partition coefficient (Wildman–Crippen LogP) is 3.20. The van der Waals surface area contributed by atoms with Gasteiger partial charge in [-0.05, 0) is 43.1 Å². The molecule has 25 heavy (non-hydrogen) atoms. The normalized spacial score (nSPS) is 13.2. The van der Waals surface area contributed by atoms with Crippen molar-refractivity contribution in [2.75, 3.05) is 5.32 Å². The minimum Gasteiger partial charge on any atom is -0.358 e. The molecular weight excluding hydrogens is 366 g/mol. The lowest BCUT2D eigenvalue weighted by atomic mass is 9.96. The molecule has 10 heteroatoms. The van der Waals surface area contributed by atoms with Crippen molar-refractivity contribution in [3.8, 4) is 6.07 Å². The van der Waals surface area contributed by atoms with Crippen LogP contribution in [0.5, 0.6) is 0 Å². The molecule has 1 amide bonds. The summed E-state index contributed by atoms with van der Waals surface area (Å²) < 4.78 is 1.19. The Labute approximate surface area is 152 Å². The van der Waals surface area contributed by atoms with Crippen LogP contribution in [0.25, 0.3) is 0 Å². The highest BCUT2D eigenvalue weighted by Crippen LogP contribution is 2.37. The maximum absolute atomic E-state index is 12.3. The molecular formula is C15H14ClN5O3S. The van der Waals surface area contributed by atoms with E-state index in [0.717, 1.165) is 36.1 Å². The monoisotopic (exact) mass is 379 g/mol. The molecule has 1 aliphatic rings. The SMILES string of the molecule is Cc1c(Cl)c([N+](=O)[O-])nn1CC(=O)Nc1sc2c(c1C#N)CCCC2. The Balaban J connectivity index is 1.80. The van der Waals surface area contributed by atoms with Crippen molar-refractivity contribution in [1.82, 2.24) is 9.78 Å². The highest BCUT2D eigenvalue weighted by molar-refractivity contribution is 7.16. The Morgan fingerprint density at radius 3 is 2.88 bits per heavy atom. The van der Waals surface area contributed by atoms with E-state index in [4.69, 9.17) is 11.6 Å². The minimum atomic E-state index is -0.690. The first kappa shape index (κ1) is 17.4. The molecule has 0 saturated heterocycles. The van der Waals surface area contributed by atoms with E-state index in [9.17, 15) is 20.2 Å². The number of rotatable bonds is 4. The van der Waals surface area contributed by atoms with Crippen molar-refractivity contribution in [3.63, 3.8) is 0 Å². The van der Waals surface area contributed by atoms with Gasteiger partial charge in [0.05, 0.1) is 16.4 Å². The number of halogens is 1. The lowest BCUT2D eigenvalue weighted by Crippen LogP contribution is -2.20. The van der Waals surface area contributed by atoms with Gasteiger partial charge < -0.3 is 15.4 Å². The number of nitro groups is 1. The highest BCUT2D eigenvalue weighted by atomic mass is 35.5. The Bertz CT molecular complexity index is 911. The molecule has 0 saturated carbocycles. The zero-order valence-electron chi connectivity index (χ0n) is 13.3. The third-order valence-electron chi connectivity index (χ3n) is 4.12. The van der Waals surface area contributed by atoms with E-state index in [-0.39, 0.29) is 11.6 Å². The van der Waals surface area contributed by atoms with E-state index in [0.29, 0.717) is 16.3 Å². The standard InChI is InChI=1S/C15H14ClN5O3S/c1-8-13(16)14(21(23)24)19-20(8)7-12(22)18-15-10(6-17)9-4-2-3-5-11(9)25-15/h2-5,7H2,1H3,(H,18,22). The second-order valence-electron chi connectivity index (χ2n) is 5.71. The summed E-state index contributed by atoms with van der Waals surface area (Å²) in [6.45, 7) is 1.34. The van der Waals surface area contributed by atoms with Gasteiger partial charge in [-0.1, -0.05) is 11.6 Å². The van der Waals surface area contributed by atoms with Gasteiger partial charge in [0.2, 0.25) is 5.91 Å². The van der Waals surface area contributed by atoms with Gasteiger partial charge >= 0.3 is 5.82 Å². The summed E-state index contributed by atoms with van der Waals surface area (Å²) in [4.78, 5) is 23.6. The average molecular weight is 380 g/mol. The van der Waals surface area contributed by atoms with Crippen LogP contribution >= 0.6 is 22.9 Å². The fourth-order valence-corrected chi connectivity index (χ4v) is 4.31. The van der Waals surface area contributed by atoms with Crippen LogP contribution in [0.3, 0.4) is 0 Å². The van der Waals surface area contributed by atoms with Crippen LogP contribution < -0.4 is 5.32 Å². The van der Waals surface area contributed by atoms with Gasteiger partial charge in [0.15, 0.2) is 5.02 Å². The number of anilines is 1. The molecule has 8 nitrogen and oxygen atoms in total. The van der Waals surface area contributed by atoms with Crippen LogP contribution in [0.15, 0.2) is 0 Å². The zero-order valence-corrected chi connectivity index (χ0v) is 14.9. The molecule has 0 bridgehead atoms. The highest BCUT2D eigenvalue weighted by Gasteiger charge is 2.26. The van der Waals surface area contributed by atoms with Crippen molar-refractivity contribution < 1.29 is 9.72 Å². The number of hydrogen-bond donors (Lipinski definition) is 1. The Hall–Kier alpha value is -2.44. The quantitative estimate of drug-likeness (QED) is 0.647. The summed E-state index contributed by atoms with van der Waals surface area (Å²) in [6.07, 6.45) is 3.90. The van der Waals surface area contributed by atoms with E-state index in [2.05, 4.69) is 16.5 Å². The molecule has 0 spiro atoms. The summed E-state index contributed by atoms with van der Waals surface area (Å²) >= 11 is 7.30. The molecule has 1 aliphatic carbocycles. The van der Waals surface area contributed by atoms with Crippen LogP contribution in [0.2, 0.25) is 5.02 Å². The van der Waals surface area contributed by atoms with Crippen molar-refractivity contribution in [2.24, 2.45) is 0 Å². The van der Waals surface area contributed by atoms with Crippen LogP contribution in [0, 0.1) is 28.4 Å². The van der Waals surface area contributed by atoms with Gasteiger partial charge in [-0.3, -0.25) is 4.79 Å². The van der Waals surface area contributed by atoms with E-state index >= 15 is 0 Å². The van der Waals surface area contributed by atoms with Crippen molar-refractivity contribution in [3.05, 3.63) is 36.8 Å². The number of hydrogen-bond acceptors (Lipinski definition) is 6. The minimum absolute atomic E-state index is 0.0814. The summed E-state index contributed by atoms with van der Waals surface area (Å²) in [5.74, 6) is -0.886. The van der Waals surface area contributed by atoms with Gasteiger partial charge in [-0.25, -0.2) is 0 Å². The summed E-state index contributed by atoms with van der Waals surface area (Å²) in [6, 6.07) is 2.18. The van der Waals surface area contributed by atoms with Crippen LogP contribution in [-0.4, -0.2) is 20.6 Å². The van der Waals surface area contributed by atoms with Crippen LogP contribution in [0.1, 0.15) is 34.5 Å². The number of fused-ring (bicyclic) bond motifs is 1. The molecule has 3 rings (SSSR count). The number of aromatic nitrogens is 2. The summed E-state index contributed by atoms with van der Waals surface area (Å²) in [5.41, 5.74) is 1.90. The van der Waals surface area contributed by atoms with Crippen LogP contribution in [-0.2, 0) is 24.2 Å². The summed E-state index contributed by atoms with van der Waals surface area (Å²) in [7, 11) is 0. The molecule has 2 aromatic heterocycles. The van der Waals surface area contributed by atoms with Gasteiger partial charge in [0, 0.05) is 4.88 Å². The summed E-state index contributed by atoms with van der Waals surface area (Å²) in [5, 5.41) is 27.2. The molecule has 130 valence electrons. The van der Waals surface area contributed by atoms with Gasteiger partial charge in [0.25, 0.3) is 0 Å². The van der Waals surface area contributed by atoms with E-state index in [1.165, 1.54) is 16.0 Å². The maximum atomic E-state index is 12.3. The first-order valence-electron chi connectivity index (χ1n) is 7.64. The number of nitrogens with zero attached hydrogens (tertiary/aromatic N) is 4. The zero-order chi connectivity index (χ0) is 18.1. The van der Waals surface area contributed by atoms with E-state index < -0.39 is 16.6 Å². The fourth-order valence-electron chi connectivity index (χ4n) is 2.85. The molecule has 2 heterocycles. The Morgan fingerprint density at radius 1 is 1.52 bits per heavy atom. The number of carbonyl (C=O) groups is 1. The van der Waals surface area contributed by atoms with E-state index in [1.54, 1.807) is 6.92 Å². The Morgan fingerprint density at radius 2 is 2.24 bits per heavy atom. The van der Waals surface area contributed by atoms with E-state index in [1.807, 2.05) is 0 Å². The number of nitrogens with one attached hydrogen (secondary N) is 1. The largest absolute Gasteiger partial charge is 0.408 e. The predicted molar refractivity (Wildman–Crippen MR) is 92.9 cm³/mol. The lowest BCUT2D eigenvalue weighted by molar-refractivity contribution is -0.389. The second kappa shape index (κ2) is 6.82. The number of amides is 1. The second-order valence-corrected chi connectivity index (χ2v) is 7.20. The molecule has 2 aromatic rings. The first-order chi connectivity index (χ1) is 11.9. The molecule has 0 aromatic carbocycles. The number of aryl methyl sites for hydroxylation is 1. The Kier molecular flexibility index (Phi) is 4.74. The average Bonchev–Trinajstić information content (AvgIpc) is 3.06. The third kappa shape index (κ3) is 3.23. The maximum Gasteiger partial charge on any atom is 0.408 e. The van der Waals surface area contributed by atoms with Crippen LogP contribution in [0.4, 0.5) is 10.8 Å². The number of nitriles is 1. The van der Waals surface area contributed by atoms with Gasteiger partial charge in [-0.2, -0.15) is 9.94 Å². The third-order valence-corrected chi connectivity index (χ3v) is 5.77. The van der Waals surface area contributed by atoms with Crippen molar-refractivity contribution in [1.29, 1.82) is 5.26 Å².